The van der Waals surface area contributed by atoms with Crippen LogP contribution in [0.1, 0.15) is 53.3 Å². The van der Waals surface area contributed by atoms with Crippen LogP contribution < -0.4 is 0 Å². The number of phenolic OH excluding ortho intramolecular Hbond substituents is 1. The van der Waals surface area contributed by atoms with E-state index in [1.54, 1.807) is 6.07 Å². The first-order chi connectivity index (χ1) is 12.3. The third kappa shape index (κ3) is 2.30. The number of piperidine rings is 1. The van der Waals surface area contributed by atoms with Crippen LogP contribution >= 0.6 is 0 Å². The van der Waals surface area contributed by atoms with Gasteiger partial charge in [-0.15, -0.1) is 0 Å². The summed E-state index contributed by atoms with van der Waals surface area (Å²) in [6.07, 6.45) is 2.55. The van der Waals surface area contributed by atoms with Crippen molar-refractivity contribution in [2.24, 2.45) is 5.92 Å². The Bertz CT molecular complexity index is 754. The lowest BCUT2D eigenvalue weighted by atomic mass is 9.59. The van der Waals surface area contributed by atoms with Crippen molar-refractivity contribution in [1.29, 1.82) is 0 Å². The number of hydrogen-bond donors (Lipinski definition) is 1. The summed E-state index contributed by atoms with van der Waals surface area (Å²) >= 11 is 0. The Morgan fingerprint density at radius 1 is 1.57 bits per heavy atom. The van der Waals surface area contributed by atoms with E-state index in [9.17, 15) is 5.11 Å². The van der Waals surface area contributed by atoms with E-state index in [0.717, 1.165) is 18.9 Å². The summed E-state index contributed by atoms with van der Waals surface area (Å²) in [7, 11) is 0. The van der Waals surface area contributed by atoms with Crippen molar-refractivity contribution in [3.63, 3.8) is 0 Å². The largest absolute Gasteiger partial charge is 0.508 e. The molecule has 0 saturated carbocycles. The van der Waals surface area contributed by atoms with Gasteiger partial charge in [-0.25, -0.2) is 0 Å². The van der Waals surface area contributed by atoms with E-state index in [-0.39, 0.29) is 35.2 Å². The fourth-order valence-electron chi connectivity index (χ4n) is 4.16. The van der Waals surface area contributed by atoms with Crippen molar-refractivity contribution in [2.75, 3.05) is 13.1 Å². The first kappa shape index (κ1) is 8.99. The van der Waals surface area contributed by atoms with Gasteiger partial charge in [0.2, 0.25) is 0 Å². The van der Waals surface area contributed by atoms with Gasteiger partial charge in [0.15, 0.2) is 0 Å². The van der Waals surface area contributed by atoms with Gasteiger partial charge in [0, 0.05) is 20.8 Å². The maximum atomic E-state index is 9.92. The standard InChI is InChI=1S/C19H27NO/c1-5-13(2)12-20-9-8-19(4)14(3)18(20)10-15-6-7-16(21)11-17(15)19/h5-7,11,14,18,21H,8-10,12H2,1-4H3/b13-5-/t14-,18+,19+/m1/s1/i1D3,2D3. The van der Waals surface area contributed by atoms with Gasteiger partial charge in [0.05, 0.1) is 0 Å². The molecule has 1 aromatic rings. The normalized spacial score (nSPS) is 38.3. The fraction of sp³-hybridized carbons (Fsp3) is 0.579. The molecule has 1 aliphatic carbocycles. The number of phenols is 1. The topological polar surface area (TPSA) is 23.5 Å². The Morgan fingerprint density at radius 2 is 2.43 bits per heavy atom. The van der Waals surface area contributed by atoms with Crippen LogP contribution in [0.5, 0.6) is 5.75 Å². The van der Waals surface area contributed by atoms with Crippen LogP contribution in [0.25, 0.3) is 0 Å². The molecule has 3 rings (SSSR count). The molecule has 114 valence electrons. The average Bonchev–Trinajstić information content (AvgIpc) is 2.51. The summed E-state index contributed by atoms with van der Waals surface area (Å²) in [4.78, 5) is 2.13. The number of nitrogens with zero attached hydrogens (tertiary/aromatic N) is 1. The maximum absolute atomic E-state index is 9.92. The van der Waals surface area contributed by atoms with Gasteiger partial charge in [0.1, 0.15) is 5.75 Å². The molecule has 2 nitrogen and oxygen atoms in total. The zero-order chi connectivity index (χ0) is 20.2. The molecule has 0 aromatic heterocycles. The van der Waals surface area contributed by atoms with Crippen LogP contribution in [0.3, 0.4) is 0 Å². The molecular formula is C19H27NO. The lowest BCUT2D eigenvalue weighted by Gasteiger charge is -2.54. The SMILES string of the molecule is [2H]C([2H])([2H])/C=C(\CN1CC[C@]2(C)c3cc(O)ccc3C[C@H]1[C@H]2C)C([2H])([2H])[2H]. The van der Waals surface area contributed by atoms with Crippen LogP contribution in [0, 0.1) is 5.92 Å². The lowest BCUT2D eigenvalue weighted by molar-refractivity contribution is 0.0380. The highest BCUT2D eigenvalue weighted by atomic mass is 16.3. The lowest BCUT2D eigenvalue weighted by Crippen LogP contribution is -2.58. The minimum Gasteiger partial charge on any atom is -0.508 e. The molecule has 1 saturated heterocycles. The van der Waals surface area contributed by atoms with Crippen molar-refractivity contribution >= 4 is 0 Å². The van der Waals surface area contributed by atoms with Crippen molar-refractivity contribution in [2.45, 2.75) is 51.8 Å². The van der Waals surface area contributed by atoms with Crippen molar-refractivity contribution in [1.82, 2.24) is 4.90 Å². The molecule has 0 unspecified atom stereocenters. The number of hydrogen-bond acceptors (Lipinski definition) is 2. The molecule has 0 amide bonds. The second-order valence-electron chi connectivity index (χ2n) is 6.71. The van der Waals surface area contributed by atoms with Crippen molar-refractivity contribution in [3.05, 3.63) is 41.0 Å². The Labute approximate surface area is 136 Å². The molecule has 0 spiro atoms. The van der Waals surface area contributed by atoms with Gasteiger partial charge >= 0.3 is 0 Å². The van der Waals surface area contributed by atoms with Crippen LogP contribution in [0.4, 0.5) is 0 Å². The monoisotopic (exact) mass is 291 g/mol. The van der Waals surface area contributed by atoms with Gasteiger partial charge in [0.25, 0.3) is 0 Å². The molecule has 1 aromatic carbocycles. The van der Waals surface area contributed by atoms with Crippen molar-refractivity contribution < 1.29 is 13.3 Å². The van der Waals surface area contributed by atoms with Crippen LogP contribution in [-0.4, -0.2) is 29.1 Å². The van der Waals surface area contributed by atoms with E-state index in [0.29, 0.717) is 6.54 Å². The molecular weight excluding hydrogens is 258 g/mol. The summed E-state index contributed by atoms with van der Waals surface area (Å²) in [6, 6.07) is 5.65. The summed E-state index contributed by atoms with van der Waals surface area (Å²) < 4.78 is 45.6. The predicted octanol–water partition coefficient (Wildman–Crippen LogP) is 3.88. The average molecular weight is 291 g/mol. The smallest absolute Gasteiger partial charge is 0.115 e. The van der Waals surface area contributed by atoms with E-state index in [2.05, 4.69) is 18.7 Å². The number of allylic oxidation sites excluding steroid dienone is 1. The summed E-state index contributed by atoms with van der Waals surface area (Å²) in [6.45, 7) is 0.407. The molecule has 1 heterocycles. The highest BCUT2D eigenvalue weighted by Crippen LogP contribution is 2.49. The van der Waals surface area contributed by atoms with E-state index < -0.39 is 13.7 Å². The zero-order valence-corrected chi connectivity index (χ0v) is 12.7. The zero-order valence-electron chi connectivity index (χ0n) is 18.7. The summed E-state index contributed by atoms with van der Waals surface area (Å²) in [5, 5.41) is 9.92. The Morgan fingerprint density at radius 3 is 3.19 bits per heavy atom. The molecule has 1 fully saturated rings. The first-order valence-corrected chi connectivity index (χ1v) is 7.60. The van der Waals surface area contributed by atoms with E-state index in [1.165, 1.54) is 11.1 Å². The van der Waals surface area contributed by atoms with Gasteiger partial charge < -0.3 is 5.11 Å². The molecule has 21 heavy (non-hydrogen) atoms. The Kier molecular flexibility index (Phi) is 2.21. The number of benzene rings is 1. The third-order valence-electron chi connectivity index (χ3n) is 5.65. The number of aromatic hydroxyl groups is 1. The summed E-state index contributed by atoms with van der Waals surface area (Å²) in [5.41, 5.74) is 2.27. The van der Waals surface area contributed by atoms with E-state index in [1.807, 2.05) is 12.1 Å². The second kappa shape index (κ2) is 5.17. The van der Waals surface area contributed by atoms with Gasteiger partial charge in [-0.05, 0) is 67.7 Å². The molecule has 1 aliphatic heterocycles. The molecule has 2 heteroatoms. The number of rotatable bonds is 2. The summed E-state index contributed by atoms with van der Waals surface area (Å²) in [5.74, 6) is 0.541. The molecule has 3 atom stereocenters. The van der Waals surface area contributed by atoms with Gasteiger partial charge in [-0.2, -0.15) is 0 Å². The van der Waals surface area contributed by atoms with E-state index >= 15 is 0 Å². The quantitative estimate of drug-likeness (QED) is 0.836. The maximum Gasteiger partial charge on any atom is 0.115 e. The Hall–Kier alpha value is -1.28. The molecule has 1 N–H and O–H groups in total. The minimum absolute atomic E-state index is 0.00481. The van der Waals surface area contributed by atoms with Crippen LogP contribution in [0.15, 0.2) is 29.8 Å². The first-order valence-electron chi connectivity index (χ1n) is 10.6. The van der Waals surface area contributed by atoms with Gasteiger partial charge in [-0.1, -0.05) is 31.6 Å². The minimum atomic E-state index is -2.42. The Balaban J connectivity index is 1.93. The van der Waals surface area contributed by atoms with Crippen LogP contribution in [0.2, 0.25) is 0 Å². The molecule has 0 radical (unpaired) electrons. The highest BCUT2D eigenvalue weighted by Gasteiger charge is 2.48. The fourth-order valence-corrected chi connectivity index (χ4v) is 4.16. The third-order valence-corrected chi connectivity index (χ3v) is 5.65. The molecule has 2 aliphatic rings. The van der Waals surface area contributed by atoms with Crippen molar-refractivity contribution in [3.8, 4) is 5.75 Å². The number of likely N-dealkylation sites (tertiary alicyclic amines) is 1. The number of fused-ring (bicyclic) bond motifs is 4. The van der Waals surface area contributed by atoms with E-state index in [4.69, 9.17) is 8.22 Å². The van der Waals surface area contributed by atoms with Gasteiger partial charge in [-0.3, -0.25) is 4.90 Å². The molecule has 2 bridgehead atoms. The van der Waals surface area contributed by atoms with Crippen LogP contribution in [-0.2, 0) is 11.8 Å². The highest BCUT2D eigenvalue weighted by molar-refractivity contribution is 5.44. The predicted molar refractivity (Wildman–Crippen MR) is 87.7 cm³/mol. The second-order valence-corrected chi connectivity index (χ2v) is 6.71.